The number of methoxy groups -OCH3 is 1. The van der Waals surface area contributed by atoms with Crippen molar-refractivity contribution in [3.63, 3.8) is 0 Å². The largest absolute Gasteiger partial charge is 0.497 e. The van der Waals surface area contributed by atoms with Crippen molar-refractivity contribution < 1.29 is 9.53 Å². The monoisotopic (exact) mass is 235 g/mol. The van der Waals surface area contributed by atoms with Gasteiger partial charge in [0.05, 0.1) is 7.11 Å². The number of ketones is 1. The van der Waals surface area contributed by atoms with Gasteiger partial charge in [0.15, 0.2) is 0 Å². The second-order valence-electron chi connectivity index (χ2n) is 4.09. The van der Waals surface area contributed by atoms with Crippen molar-refractivity contribution in [2.75, 3.05) is 20.7 Å². The molecule has 3 heteroatoms. The summed E-state index contributed by atoms with van der Waals surface area (Å²) >= 11 is 0. The lowest BCUT2D eigenvalue weighted by Gasteiger charge is -2.03. The molecule has 0 unspecified atom stereocenters. The van der Waals surface area contributed by atoms with E-state index in [1.54, 1.807) is 7.11 Å². The molecule has 1 aromatic carbocycles. The maximum Gasteiger partial charge on any atom is 0.133 e. The van der Waals surface area contributed by atoms with Crippen molar-refractivity contribution in [2.24, 2.45) is 0 Å². The number of hydrogen-bond donors (Lipinski definition) is 1. The summed E-state index contributed by atoms with van der Waals surface area (Å²) < 4.78 is 5.09. The number of aryl methyl sites for hydroxylation is 1. The van der Waals surface area contributed by atoms with Crippen molar-refractivity contribution in [1.29, 1.82) is 0 Å². The summed E-state index contributed by atoms with van der Waals surface area (Å²) in [5.74, 6) is 1.20. The highest BCUT2D eigenvalue weighted by atomic mass is 16.5. The minimum atomic E-state index is 0.344. The quantitative estimate of drug-likeness (QED) is 0.702. The van der Waals surface area contributed by atoms with Crippen LogP contribution in [0.4, 0.5) is 0 Å². The lowest BCUT2D eigenvalue weighted by atomic mass is 10.1. The Hall–Kier alpha value is -1.35. The number of ether oxygens (including phenoxy) is 1. The van der Waals surface area contributed by atoms with Crippen LogP contribution < -0.4 is 10.1 Å². The molecule has 0 aliphatic rings. The Morgan fingerprint density at radius 1 is 1.24 bits per heavy atom. The Kier molecular flexibility index (Phi) is 6.33. The number of carbonyl (C=O) groups is 1. The van der Waals surface area contributed by atoms with Crippen molar-refractivity contribution in [2.45, 2.75) is 25.7 Å². The highest BCUT2D eigenvalue weighted by Gasteiger charge is 2.02. The fourth-order valence-corrected chi connectivity index (χ4v) is 1.66. The topological polar surface area (TPSA) is 38.3 Å². The van der Waals surface area contributed by atoms with Crippen LogP contribution in [0.5, 0.6) is 5.75 Å². The predicted octanol–water partition coefficient (Wildman–Crippen LogP) is 2.20. The smallest absolute Gasteiger partial charge is 0.133 e. The normalized spacial score (nSPS) is 10.2. The first-order valence-corrected chi connectivity index (χ1v) is 6.05. The van der Waals surface area contributed by atoms with Gasteiger partial charge in [0.25, 0.3) is 0 Å². The molecule has 3 nitrogen and oxygen atoms in total. The van der Waals surface area contributed by atoms with E-state index in [2.05, 4.69) is 5.32 Å². The number of nitrogens with one attached hydrogen (secondary N) is 1. The Balaban J connectivity index is 2.27. The molecule has 0 fully saturated rings. The van der Waals surface area contributed by atoms with Gasteiger partial charge in [0.2, 0.25) is 0 Å². The number of hydrogen-bond acceptors (Lipinski definition) is 3. The van der Waals surface area contributed by atoms with Crippen LogP contribution in [0, 0.1) is 0 Å². The molecule has 0 saturated heterocycles. The zero-order chi connectivity index (χ0) is 12.5. The highest BCUT2D eigenvalue weighted by molar-refractivity contribution is 5.78. The van der Waals surface area contributed by atoms with Gasteiger partial charge >= 0.3 is 0 Å². The second kappa shape index (κ2) is 7.85. The maximum absolute atomic E-state index is 11.6. The Labute approximate surface area is 103 Å². The van der Waals surface area contributed by atoms with E-state index in [0.29, 0.717) is 18.6 Å². The minimum Gasteiger partial charge on any atom is -0.497 e. The predicted molar refractivity (Wildman–Crippen MR) is 69.5 cm³/mol. The van der Waals surface area contributed by atoms with E-state index < -0.39 is 0 Å². The molecule has 1 aromatic rings. The standard InChI is InChI=1S/C14H21NO2/c1-15-11-3-4-13(16)8-5-12-6-9-14(17-2)10-7-12/h6-7,9-10,15H,3-5,8,11H2,1-2H3. The van der Waals surface area contributed by atoms with Gasteiger partial charge in [-0.1, -0.05) is 12.1 Å². The Morgan fingerprint density at radius 2 is 1.94 bits per heavy atom. The molecule has 0 saturated carbocycles. The van der Waals surface area contributed by atoms with Crippen LogP contribution in [0.1, 0.15) is 24.8 Å². The van der Waals surface area contributed by atoms with E-state index in [9.17, 15) is 4.79 Å². The van der Waals surface area contributed by atoms with Gasteiger partial charge in [-0.3, -0.25) is 4.79 Å². The Morgan fingerprint density at radius 3 is 2.53 bits per heavy atom. The van der Waals surface area contributed by atoms with E-state index in [1.165, 1.54) is 5.56 Å². The molecule has 17 heavy (non-hydrogen) atoms. The SMILES string of the molecule is CNCCCC(=O)CCc1ccc(OC)cc1. The molecule has 0 bridgehead atoms. The van der Waals surface area contributed by atoms with Gasteiger partial charge in [-0.25, -0.2) is 0 Å². The summed E-state index contributed by atoms with van der Waals surface area (Å²) in [7, 11) is 3.56. The van der Waals surface area contributed by atoms with Gasteiger partial charge < -0.3 is 10.1 Å². The fourth-order valence-electron chi connectivity index (χ4n) is 1.66. The minimum absolute atomic E-state index is 0.344. The van der Waals surface area contributed by atoms with Crippen molar-refractivity contribution in [3.05, 3.63) is 29.8 Å². The van der Waals surface area contributed by atoms with Crippen molar-refractivity contribution in [1.82, 2.24) is 5.32 Å². The van der Waals surface area contributed by atoms with Gasteiger partial charge in [-0.05, 0) is 44.1 Å². The third-order valence-corrected chi connectivity index (χ3v) is 2.73. The van der Waals surface area contributed by atoms with Crippen LogP contribution in [-0.4, -0.2) is 26.5 Å². The summed E-state index contributed by atoms with van der Waals surface area (Å²) in [6.45, 7) is 0.911. The van der Waals surface area contributed by atoms with E-state index in [0.717, 1.165) is 25.1 Å². The first-order chi connectivity index (χ1) is 8.26. The number of carbonyl (C=O) groups excluding carboxylic acids is 1. The van der Waals surface area contributed by atoms with E-state index in [4.69, 9.17) is 4.74 Å². The first-order valence-electron chi connectivity index (χ1n) is 6.05. The molecule has 0 spiro atoms. The summed E-state index contributed by atoms with van der Waals surface area (Å²) in [5.41, 5.74) is 1.19. The summed E-state index contributed by atoms with van der Waals surface area (Å²) in [6, 6.07) is 7.89. The zero-order valence-electron chi connectivity index (χ0n) is 10.7. The van der Waals surface area contributed by atoms with Crippen LogP contribution in [0.3, 0.4) is 0 Å². The molecular formula is C14H21NO2. The number of rotatable bonds is 8. The van der Waals surface area contributed by atoms with Crippen LogP contribution in [0.25, 0.3) is 0 Å². The summed E-state index contributed by atoms with van der Waals surface area (Å²) in [4.78, 5) is 11.6. The molecule has 1 N–H and O–H groups in total. The molecule has 1 rings (SSSR count). The van der Waals surface area contributed by atoms with Crippen LogP contribution in [0.15, 0.2) is 24.3 Å². The molecule has 0 heterocycles. The van der Waals surface area contributed by atoms with Crippen LogP contribution >= 0.6 is 0 Å². The van der Waals surface area contributed by atoms with Gasteiger partial charge in [-0.2, -0.15) is 0 Å². The average molecular weight is 235 g/mol. The van der Waals surface area contributed by atoms with E-state index in [-0.39, 0.29) is 0 Å². The average Bonchev–Trinajstić information content (AvgIpc) is 2.37. The number of benzene rings is 1. The molecule has 0 aliphatic heterocycles. The zero-order valence-corrected chi connectivity index (χ0v) is 10.7. The van der Waals surface area contributed by atoms with E-state index >= 15 is 0 Å². The second-order valence-corrected chi connectivity index (χ2v) is 4.09. The summed E-state index contributed by atoms with van der Waals surface area (Å²) in [6.07, 6.45) is 3.06. The lowest BCUT2D eigenvalue weighted by Crippen LogP contribution is -2.10. The highest BCUT2D eigenvalue weighted by Crippen LogP contribution is 2.13. The molecule has 0 aliphatic carbocycles. The lowest BCUT2D eigenvalue weighted by molar-refractivity contribution is -0.119. The van der Waals surface area contributed by atoms with Gasteiger partial charge in [0, 0.05) is 12.8 Å². The fraction of sp³-hybridized carbons (Fsp3) is 0.500. The van der Waals surface area contributed by atoms with Crippen LogP contribution in [-0.2, 0) is 11.2 Å². The van der Waals surface area contributed by atoms with E-state index in [1.807, 2.05) is 31.3 Å². The molecule has 0 amide bonds. The first kappa shape index (κ1) is 13.7. The van der Waals surface area contributed by atoms with Gasteiger partial charge in [0.1, 0.15) is 11.5 Å². The number of Topliss-reactive ketones (excluding diaryl/α,β-unsaturated/α-hetero) is 1. The third kappa shape index (κ3) is 5.50. The Bertz CT molecular complexity index is 333. The molecule has 94 valence electrons. The van der Waals surface area contributed by atoms with Crippen molar-refractivity contribution >= 4 is 5.78 Å². The summed E-state index contributed by atoms with van der Waals surface area (Å²) in [5, 5.41) is 3.04. The molecule has 0 radical (unpaired) electrons. The molecule has 0 atom stereocenters. The maximum atomic E-state index is 11.6. The van der Waals surface area contributed by atoms with Crippen molar-refractivity contribution in [3.8, 4) is 5.75 Å². The van der Waals surface area contributed by atoms with Crippen LogP contribution in [0.2, 0.25) is 0 Å². The molecule has 0 aromatic heterocycles. The molecular weight excluding hydrogens is 214 g/mol. The third-order valence-electron chi connectivity index (χ3n) is 2.73. The van der Waals surface area contributed by atoms with Gasteiger partial charge in [-0.15, -0.1) is 0 Å².